The Kier molecular flexibility index (Phi) is 6.43. The summed E-state index contributed by atoms with van der Waals surface area (Å²) in [4.78, 5) is 36.6. The molecule has 3 heterocycles. The molecular weight excluding hydrogens is 453 g/mol. The third-order valence-corrected chi connectivity index (χ3v) is 5.70. The zero-order valence-electron chi connectivity index (χ0n) is 16.9. The van der Waals surface area contributed by atoms with Crippen molar-refractivity contribution in [3.8, 4) is 0 Å². The molecule has 1 aromatic carbocycles. The molecule has 11 heteroatoms. The molecule has 0 saturated carbocycles. The normalized spacial score (nSPS) is 22.4. The largest absolute Gasteiger partial charge is 0.360 e. The highest BCUT2D eigenvalue weighted by atomic mass is 35.5. The zero-order chi connectivity index (χ0) is 22.7. The monoisotopic (exact) mass is 473 g/mol. The number of carbonyl (C=O) groups excluding carboxylic acids is 2. The summed E-state index contributed by atoms with van der Waals surface area (Å²) in [5.41, 5.74) is 5.30. The summed E-state index contributed by atoms with van der Waals surface area (Å²) in [7, 11) is 0. The van der Waals surface area contributed by atoms with E-state index in [0.717, 1.165) is 6.42 Å². The molecule has 2 amide bonds. The number of hydrogen-bond acceptors (Lipinski definition) is 7. The number of halogens is 2. The van der Waals surface area contributed by atoms with Crippen LogP contribution in [0.4, 0.5) is 11.5 Å². The molecule has 9 nitrogen and oxygen atoms in total. The molecular formula is C21H21Cl2N7O2. The van der Waals surface area contributed by atoms with Gasteiger partial charge in [-0.1, -0.05) is 23.2 Å². The Morgan fingerprint density at radius 1 is 1.19 bits per heavy atom. The van der Waals surface area contributed by atoms with Gasteiger partial charge in [-0.3, -0.25) is 19.5 Å². The fraction of sp³-hybridized carbons (Fsp3) is 0.238. The summed E-state index contributed by atoms with van der Waals surface area (Å²) in [5, 5.41) is 9.41. The second-order valence-corrected chi connectivity index (χ2v) is 8.33. The number of carbonyl (C=O) groups is 2. The van der Waals surface area contributed by atoms with Gasteiger partial charge in [0.2, 0.25) is 5.66 Å². The minimum absolute atomic E-state index is 0.0375. The maximum absolute atomic E-state index is 13.5. The van der Waals surface area contributed by atoms with Crippen molar-refractivity contribution in [3.05, 3.63) is 64.5 Å². The average molecular weight is 474 g/mol. The third-order valence-electron chi connectivity index (χ3n) is 5.24. The van der Waals surface area contributed by atoms with Crippen LogP contribution < -0.4 is 21.7 Å². The minimum Gasteiger partial charge on any atom is -0.360 e. The van der Waals surface area contributed by atoms with Gasteiger partial charge in [0.1, 0.15) is 5.82 Å². The van der Waals surface area contributed by atoms with Crippen molar-refractivity contribution < 1.29 is 9.59 Å². The molecule has 2 unspecified atom stereocenters. The van der Waals surface area contributed by atoms with Crippen LogP contribution in [-0.2, 0) is 4.79 Å². The number of nitrogens with two attached hydrogens (primary N) is 1. The molecule has 2 aromatic rings. The van der Waals surface area contributed by atoms with Gasteiger partial charge in [0, 0.05) is 42.8 Å². The zero-order valence-corrected chi connectivity index (χ0v) is 18.4. The maximum Gasteiger partial charge on any atom is 0.271 e. The highest BCUT2D eigenvalue weighted by Gasteiger charge is 2.45. The molecule has 0 radical (unpaired) electrons. The van der Waals surface area contributed by atoms with Gasteiger partial charge in [-0.05, 0) is 36.8 Å². The van der Waals surface area contributed by atoms with Crippen molar-refractivity contribution in [2.24, 2.45) is 10.7 Å². The van der Waals surface area contributed by atoms with E-state index in [1.165, 1.54) is 18.5 Å². The first-order valence-corrected chi connectivity index (χ1v) is 10.6. The Labute approximate surface area is 194 Å². The van der Waals surface area contributed by atoms with Crippen LogP contribution >= 0.6 is 23.2 Å². The molecule has 1 aromatic heterocycles. The Morgan fingerprint density at radius 2 is 2.00 bits per heavy atom. The molecule has 2 atom stereocenters. The van der Waals surface area contributed by atoms with Crippen molar-refractivity contribution in [2.75, 3.05) is 23.7 Å². The predicted octanol–water partition coefficient (Wildman–Crippen LogP) is 2.45. The lowest BCUT2D eigenvalue weighted by Crippen LogP contribution is -2.66. The summed E-state index contributed by atoms with van der Waals surface area (Å²) in [6, 6.07) is 7.78. The average Bonchev–Trinajstić information content (AvgIpc) is 3.23. The lowest BCUT2D eigenvalue weighted by molar-refractivity contribution is -0.124. The summed E-state index contributed by atoms with van der Waals surface area (Å²) >= 11 is 12.0. The smallest absolute Gasteiger partial charge is 0.271 e. The van der Waals surface area contributed by atoms with E-state index in [0.29, 0.717) is 34.6 Å². The SMILES string of the molecule is NC1CCN(C2(C(=O)Nc3ccc(Cl)cc3C(=O)Nc3ccc(Cl)cn3)C=NC=CN2)C1. The second-order valence-electron chi connectivity index (χ2n) is 7.46. The molecule has 2 aliphatic heterocycles. The molecule has 32 heavy (non-hydrogen) atoms. The van der Waals surface area contributed by atoms with E-state index < -0.39 is 17.5 Å². The second kappa shape index (κ2) is 9.25. The van der Waals surface area contributed by atoms with E-state index in [9.17, 15) is 9.59 Å². The number of rotatable bonds is 5. The number of nitrogens with zero attached hydrogens (tertiary/aromatic N) is 3. The van der Waals surface area contributed by atoms with Gasteiger partial charge in [0.25, 0.3) is 11.8 Å². The summed E-state index contributed by atoms with van der Waals surface area (Å²) in [6.45, 7) is 1.15. The van der Waals surface area contributed by atoms with Crippen LogP contribution in [0.15, 0.2) is 53.9 Å². The number of pyridine rings is 1. The molecule has 1 fully saturated rings. The van der Waals surface area contributed by atoms with Crippen LogP contribution in [-0.4, -0.2) is 52.7 Å². The molecule has 0 bridgehead atoms. The van der Waals surface area contributed by atoms with Crippen LogP contribution in [0.25, 0.3) is 0 Å². The fourth-order valence-electron chi connectivity index (χ4n) is 3.61. The van der Waals surface area contributed by atoms with Gasteiger partial charge in [0.15, 0.2) is 0 Å². The van der Waals surface area contributed by atoms with Crippen molar-refractivity contribution in [2.45, 2.75) is 18.1 Å². The number of benzene rings is 1. The fourth-order valence-corrected chi connectivity index (χ4v) is 3.89. The molecule has 0 spiro atoms. The van der Waals surface area contributed by atoms with E-state index in [1.54, 1.807) is 36.7 Å². The van der Waals surface area contributed by atoms with E-state index in [2.05, 4.69) is 25.9 Å². The van der Waals surface area contributed by atoms with Crippen LogP contribution in [0.2, 0.25) is 10.0 Å². The van der Waals surface area contributed by atoms with Crippen molar-refractivity contribution in [1.82, 2.24) is 15.2 Å². The van der Waals surface area contributed by atoms with Gasteiger partial charge in [-0.25, -0.2) is 4.98 Å². The molecule has 2 aliphatic rings. The number of likely N-dealkylation sites (tertiary alicyclic amines) is 1. The highest BCUT2D eigenvalue weighted by Crippen LogP contribution is 2.26. The number of hydrogen-bond donors (Lipinski definition) is 4. The van der Waals surface area contributed by atoms with Gasteiger partial charge in [-0.2, -0.15) is 0 Å². The van der Waals surface area contributed by atoms with E-state index in [1.807, 2.05) is 4.90 Å². The van der Waals surface area contributed by atoms with Gasteiger partial charge in [0.05, 0.1) is 22.5 Å². The van der Waals surface area contributed by atoms with Crippen LogP contribution in [0, 0.1) is 0 Å². The van der Waals surface area contributed by atoms with Gasteiger partial charge in [-0.15, -0.1) is 0 Å². The summed E-state index contributed by atoms with van der Waals surface area (Å²) in [6.07, 6.45) is 6.88. The van der Waals surface area contributed by atoms with Crippen LogP contribution in [0.1, 0.15) is 16.8 Å². The molecule has 166 valence electrons. The van der Waals surface area contributed by atoms with Crippen molar-refractivity contribution in [3.63, 3.8) is 0 Å². The number of aromatic nitrogens is 1. The predicted molar refractivity (Wildman–Crippen MR) is 125 cm³/mol. The molecule has 5 N–H and O–H groups in total. The first kappa shape index (κ1) is 22.2. The first-order valence-electron chi connectivity index (χ1n) is 9.89. The van der Waals surface area contributed by atoms with Crippen molar-refractivity contribution >= 4 is 52.7 Å². The number of aliphatic imine (C=N–C) groups is 1. The Bertz CT molecular complexity index is 1090. The standard InChI is InChI=1S/C21H21Cl2N7O2/c22-13-1-3-17(16(9-13)19(31)29-18-4-2-14(23)10-26-18)28-20(32)21(12-25-6-7-27-21)30-8-5-15(24)11-30/h1-4,6-7,9-10,12,15,27H,5,8,11,24H2,(H,28,32)(H,26,29,31). The first-order chi connectivity index (χ1) is 15.4. The van der Waals surface area contributed by atoms with Gasteiger partial charge < -0.3 is 21.7 Å². The molecule has 1 saturated heterocycles. The summed E-state index contributed by atoms with van der Waals surface area (Å²) in [5.74, 6) is -0.578. The Hall–Kier alpha value is -2.98. The number of nitrogens with one attached hydrogen (secondary N) is 3. The third kappa shape index (κ3) is 4.61. The van der Waals surface area contributed by atoms with E-state index in [4.69, 9.17) is 28.9 Å². The maximum atomic E-state index is 13.5. The van der Waals surface area contributed by atoms with Gasteiger partial charge >= 0.3 is 0 Å². The number of anilines is 2. The summed E-state index contributed by atoms with van der Waals surface area (Å²) < 4.78 is 0. The minimum atomic E-state index is -1.23. The Morgan fingerprint density at radius 3 is 2.66 bits per heavy atom. The van der Waals surface area contributed by atoms with Crippen LogP contribution in [0.5, 0.6) is 0 Å². The Balaban J connectivity index is 1.60. The highest BCUT2D eigenvalue weighted by molar-refractivity contribution is 6.31. The molecule has 0 aliphatic carbocycles. The van der Waals surface area contributed by atoms with E-state index in [-0.39, 0.29) is 11.6 Å². The lowest BCUT2D eigenvalue weighted by Gasteiger charge is -2.38. The lowest BCUT2D eigenvalue weighted by atomic mass is 10.1. The van der Waals surface area contributed by atoms with E-state index >= 15 is 0 Å². The van der Waals surface area contributed by atoms with Crippen LogP contribution in [0.3, 0.4) is 0 Å². The number of amides is 2. The topological polar surface area (TPSA) is 125 Å². The van der Waals surface area contributed by atoms with Crippen molar-refractivity contribution in [1.29, 1.82) is 0 Å². The quantitative estimate of drug-likeness (QED) is 0.528. The molecule has 4 rings (SSSR count).